The molecular formula is C17H23N3O2. The van der Waals surface area contributed by atoms with E-state index in [9.17, 15) is 9.59 Å². The molecule has 0 bridgehead atoms. The van der Waals surface area contributed by atoms with Crippen molar-refractivity contribution in [3.8, 4) is 0 Å². The van der Waals surface area contributed by atoms with Crippen LogP contribution in [-0.2, 0) is 9.59 Å². The number of benzene rings is 1. The molecular weight excluding hydrogens is 278 g/mol. The van der Waals surface area contributed by atoms with Crippen LogP contribution >= 0.6 is 0 Å². The molecule has 0 saturated carbocycles. The molecule has 2 saturated heterocycles. The zero-order valence-electron chi connectivity index (χ0n) is 12.8. The van der Waals surface area contributed by atoms with Crippen LogP contribution in [0.15, 0.2) is 30.3 Å². The highest BCUT2D eigenvalue weighted by molar-refractivity contribution is 6.09. The summed E-state index contributed by atoms with van der Waals surface area (Å²) < 4.78 is 0. The second-order valence-corrected chi connectivity index (χ2v) is 6.01. The van der Waals surface area contributed by atoms with E-state index in [-0.39, 0.29) is 11.8 Å². The molecule has 5 nitrogen and oxygen atoms in total. The molecule has 118 valence electrons. The molecule has 2 heterocycles. The van der Waals surface area contributed by atoms with Gasteiger partial charge in [0.25, 0.3) is 0 Å². The minimum atomic E-state index is -0.529. The quantitative estimate of drug-likeness (QED) is 0.833. The molecule has 5 heteroatoms. The van der Waals surface area contributed by atoms with Gasteiger partial charge >= 0.3 is 0 Å². The minimum absolute atomic E-state index is 0.0788. The van der Waals surface area contributed by atoms with Crippen LogP contribution in [0.5, 0.6) is 0 Å². The van der Waals surface area contributed by atoms with E-state index >= 15 is 0 Å². The SMILES string of the molecule is O=C(NCCN1CCCC1)[C@@H]1CCN(c2ccccc2)C1=O. The van der Waals surface area contributed by atoms with Crippen molar-refractivity contribution in [3.63, 3.8) is 0 Å². The van der Waals surface area contributed by atoms with Gasteiger partial charge in [-0.3, -0.25) is 9.59 Å². The van der Waals surface area contributed by atoms with Crippen molar-refractivity contribution in [1.29, 1.82) is 0 Å². The fourth-order valence-corrected chi connectivity index (χ4v) is 3.25. The Morgan fingerprint density at radius 2 is 1.86 bits per heavy atom. The van der Waals surface area contributed by atoms with Crippen LogP contribution in [0.3, 0.4) is 0 Å². The van der Waals surface area contributed by atoms with Gasteiger partial charge in [-0.25, -0.2) is 0 Å². The first kappa shape index (κ1) is 15.0. The first-order chi connectivity index (χ1) is 10.8. The lowest BCUT2D eigenvalue weighted by molar-refractivity contribution is -0.132. The predicted octanol–water partition coefficient (Wildman–Crippen LogP) is 1.25. The number of nitrogens with one attached hydrogen (secondary N) is 1. The third-order valence-electron chi connectivity index (χ3n) is 4.52. The molecule has 0 unspecified atom stereocenters. The van der Waals surface area contributed by atoms with E-state index in [2.05, 4.69) is 10.2 Å². The van der Waals surface area contributed by atoms with Gasteiger partial charge in [-0.05, 0) is 44.5 Å². The third kappa shape index (κ3) is 3.30. The van der Waals surface area contributed by atoms with Crippen molar-refractivity contribution in [2.45, 2.75) is 19.3 Å². The largest absolute Gasteiger partial charge is 0.354 e. The highest BCUT2D eigenvalue weighted by Gasteiger charge is 2.37. The molecule has 2 aliphatic rings. The molecule has 0 aromatic heterocycles. The van der Waals surface area contributed by atoms with E-state index < -0.39 is 5.92 Å². The maximum absolute atomic E-state index is 12.4. The first-order valence-corrected chi connectivity index (χ1v) is 8.12. The normalized spacial score (nSPS) is 22.3. The number of amides is 2. The van der Waals surface area contributed by atoms with Gasteiger partial charge in [0, 0.05) is 25.3 Å². The van der Waals surface area contributed by atoms with Gasteiger partial charge < -0.3 is 15.1 Å². The van der Waals surface area contributed by atoms with Crippen molar-refractivity contribution in [1.82, 2.24) is 10.2 Å². The number of carbonyl (C=O) groups is 2. The predicted molar refractivity (Wildman–Crippen MR) is 85.6 cm³/mol. The summed E-state index contributed by atoms with van der Waals surface area (Å²) in [5.74, 6) is -0.730. The molecule has 0 radical (unpaired) electrons. The average molecular weight is 301 g/mol. The molecule has 2 fully saturated rings. The maximum atomic E-state index is 12.4. The first-order valence-electron chi connectivity index (χ1n) is 8.12. The maximum Gasteiger partial charge on any atom is 0.239 e. The summed E-state index contributed by atoms with van der Waals surface area (Å²) in [4.78, 5) is 28.7. The Morgan fingerprint density at radius 1 is 1.14 bits per heavy atom. The zero-order valence-corrected chi connectivity index (χ0v) is 12.8. The van der Waals surface area contributed by atoms with Gasteiger partial charge in [0.05, 0.1) is 0 Å². The monoisotopic (exact) mass is 301 g/mol. The van der Waals surface area contributed by atoms with E-state index in [1.807, 2.05) is 30.3 Å². The second kappa shape index (κ2) is 6.92. The van der Waals surface area contributed by atoms with E-state index in [0.29, 0.717) is 19.5 Å². The lowest BCUT2D eigenvalue weighted by Crippen LogP contribution is -2.40. The summed E-state index contributed by atoms with van der Waals surface area (Å²) in [6.07, 6.45) is 3.10. The van der Waals surface area contributed by atoms with Crippen LogP contribution in [0.2, 0.25) is 0 Å². The summed E-state index contributed by atoms with van der Waals surface area (Å²) in [6, 6.07) is 9.56. The lowest BCUT2D eigenvalue weighted by Gasteiger charge is -2.17. The van der Waals surface area contributed by atoms with Gasteiger partial charge in [-0.2, -0.15) is 0 Å². The molecule has 22 heavy (non-hydrogen) atoms. The van der Waals surface area contributed by atoms with E-state index in [1.165, 1.54) is 12.8 Å². The van der Waals surface area contributed by atoms with Crippen LogP contribution in [0, 0.1) is 5.92 Å². The van der Waals surface area contributed by atoms with Crippen LogP contribution in [0.25, 0.3) is 0 Å². The topological polar surface area (TPSA) is 52.7 Å². The van der Waals surface area contributed by atoms with Gasteiger partial charge in [0.15, 0.2) is 0 Å². The number of rotatable bonds is 5. The van der Waals surface area contributed by atoms with Crippen LogP contribution in [-0.4, -0.2) is 49.4 Å². The second-order valence-electron chi connectivity index (χ2n) is 6.01. The van der Waals surface area contributed by atoms with Crippen LogP contribution in [0.1, 0.15) is 19.3 Å². The Hall–Kier alpha value is -1.88. The zero-order chi connectivity index (χ0) is 15.4. The van der Waals surface area contributed by atoms with Crippen LogP contribution in [0.4, 0.5) is 5.69 Å². The molecule has 1 atom stereocenters. The number of likely N-dealkylation sites (tertiary alicyclic amines) is 1. The van der Waals surface area contributed by atoms with Crippen molar-refractivity contribution < 1.29 is 9.59 Å². The van der Waals surface area contributed by atoms with Crippen molar-refractivity contribution >= 4 is 17.5 Å². The third-order valence-corrected chi connectivity index (χ3v) is 4.52. The Bertz CT molecular complexity index is 526. The smallest absolute Gasteiger partial charge is 0.239 e. The molecule has 2 amide bonds. The Kier molecular flexibility index (Phi) is 4.73. The van der Waals surface area contributed by atoms with Crippen molar-refractivity contribution in [3.05, 3.63) is 30.3 Å². The standard InChI is InChI=1S/C17H23N3O2/c21-16(18-9-13-19-10-4-5-11-19)15-8-12-20(17(15)22)14-6-2-1-3-7-14/h1-3,6-7,15H,4-5,8-13H2,(H,18,21)/t15-/m0/s1. The number of para-hydroxylation sites is 1. The fraction of sp³-hybridized carbons (Fsp3) is 0.529. The highest BCUT2D eigenvalue weighted by atomic mass is 16.2. The highest BCUT2D eigenvalue weighted by Crippen LogP contribution is 2.24. The molecule has 0 aliphatic carbocycles. The van der Waals surface area contributed by atoms with Crippen LogP contribution < -0.4 is 10.2 Å². The van der Waals surface area contributed by atoms with Gasteiger partial charge in [0.2, 0.25) is 11.8 Å². The molecule has 1 aromatic rings. The number of hydrogen-bond acceptors (Lipinski definition) is 3. The molecule has 1 N–H and O–H groups in total. The minimum Gasteiger partial charge on any atom is -0.354 e. The van der Waals surface area contributed by atoms with Gasteiger partial charge in [-0.15, -0.1) is 0 Å². The molecule has 1 aromatic carbocycles. The van der Waals surface area contributed by atoms with E-state index in [0.717, 1.165) is 25.3 Å². The Morgan fingerprint density at radius 3 is 2.59 bits per heavy atom. The van der Waals surface area contributed by atoms with Crippen molar-refractivity contribution in [2.24, 2.45) is 5.92 Å². The van der Waals surface area contributed by atoms with Gasteiger partial charge in [0.1, 0.15) is 5.92 Å². The summed E-state index contributed by atoms with van der Waals surface area (Å²) in [6.45, 7) is 4.39. The Labute approximate surface area is 131 Å². The number of anilines is 1. The summed E-state index contributed by atoms with van der Waals surface area (Å²) in [7, 11) is 0. The number of carbonyl (C=O) groups excluding carboxylic acids is 2. The molecule has 2 aliphatic heterocycles. The number of nitrogens with zero attached hydrogens (tertiary/aromatic N) is 2. The fourth-order valence-electron chi connectivity index (χ4n) is 3.25. The average Bonchev–Trinajstić information content (AvgIpc) is 3.18. The Balaban J connectivity index is 1.50. The molecule has 3 rings (SSSR count). The molecule has 0 spiro atoms. The summed E-state index contributed by atoms with van der Waals surface area (Å²) in [5, 5.41) is 2.93. The van der Waals surface area contributed by atoms with E-state index in [4.69, 9.17) is 0 Å². The summed E-state index contributed by atoms with van der Waals surface area (Å²) in [5.41, 5.74) is 0.875. The van der Waals surface area contributed by atoms with Crippen molar-refractivity contribution in [2.75, 3.05) is 37.6 Å². The van der Waals surface area contributed by atoms with Gasteiger partial charge in [-0.1, -0.05) is 18.2 Å². The lowest BCUT2D eigenvalue weighted by atomic mass is 10.1. The van der Waals surface area contributed by atoms with E-state index in [1.54, 1.807) is 4.90 Å². The summed E-state index contributed by atoms with van der Waals surface area (Å²) >= 11 is 0. The number of hydrogen-bond donors (Lipinski definition) is 1.